The number of hydrogen-bond donors (Lipinski definition) is 1. The number of nitrogens with one attached hydrogen (secondary N) is 1. The molecule has 2 rings (SSSR count). The molecule has 0 fully saturated rings. The van der Waals surface area contributed by atoms with Gasteiger partial charge in [-0.3, -0.25) is 0 Å². The van der Waals surface area contributed by atoms with Crippen LogP contribution in [0.5, 0.6) is 0 Å². The van der Waals surface area contributed by atoms with Crippen molar-refractivity contribution in [3.8, 4) is 5.69 Å². The van der Waals surface area contributed by atoms with Crippen LogP contribution in [-0.2, 0) is 0 Å². The van der Waals surface area contributed by atoms with Crippen molar-refractivity contribution in [1.29, 1.82) is 0 Å². The lowest BCUT2D eigenvalue weighted by Gasteiger charge is -2.15. The molecule has 1 unspecified atom stereocenters. The minimum Gasteiger partial charge on any atom is -0.383 e. The van der Waals surface area contributed by atoms with E-state index in [-0.39, 0.29) is 0 Å². The van der Waals surface area contributed by atoms with Crippen molar-refractivity contribution in [3.05, 3.63) is 30.1 Å². The summed E-state index contributed by atoms with van der Waals surface area (Å²) in [4.78, 5) is 0. The molecule has 0 bridgehead atoms. The van der Waals surface area contributed by atoms with Crippen LogP contribution in [0.3, 0.4) is 0 Å². The van der Waals surface area contributed by atoms with Crippen molar-refractivity contribution in [1.82, 2.24) is 20.2 Å². The maximum Gasteiger partial charge on any atom is 0.143 e. The van der Waals surface area contributed by atoms with Gasteiger partial charge < -0.3 is 5.32 Å². The van der Waals surface area contributed by atoms with Crippen LogP contribution in [0.4, 0.5) is 5.69 Å². The molecule has 0 spiro atoms. The maximum atomic E-state index is 3.90. The van der Waals surface area contributed by atoms with Crippen LogP contribution in [0.15, 0.2) is 24.5 Å². The first-order valence-electron chi connectivity index (χ1n) is 6.31. The molecule has 1 N–H and O–H groups in total. The second-order valence-electron chi connectivity index (χ2n) is 4.59. The molecule has 0 saturated carbocycles. The summed E-state index contributed by atoms with van der Waals surface area (Å²) in [6.07, 6.45) is 3.97. The van der Waals surface area contributed by atoms with Crippen LogP contribution in [0.2, 0.25) is 0 Å². The third-order valence-electron chi connectivity index (χ3n) is 2.93. The minimum atomic E-state index is 0.494. The molecule has 1 atom stereocenters. The van der Waals surface area contributed by atoms with Gasteiger partial charge in [-0.05, 0) is 54.5 Å². The normalized spacial score (nSPS) is 12.4. The van der Waals surface area contributed by atoms with Crippen LogP contribution in [-0.4, -0.2) is 26.2 Å². The highest BCUT2D eigenvalue weighted by molar-refractivity contribution is 5.53. The van der Waals surface area contributed by atoms with Crippen molar-refractivity contribution in [2.24, 2.45) is 0 Å². The predicted molar refractivity (Wildman–Crippen MR) is 71.9 cm³/mol. The van der Waals surface area contributed by atoms with Crippen LogP contribution in [0.1, 0.15) is 32.3 Å². The molecular weight excluding hydrogens is 226 g/mol. The van der Waals surface area contributed by atoms with Gasteiger partial charge in [-0.2, -0.15) is 0 Å². The lowest BCUT2D eigenvalue weighted by Crippen LogP contribution is -2.14. The van der Waals surface area contributed by atoms with Crippen molar-refractivity contribution in [2.45, 2.75) is 39.7 Å². The Balaban J connectivity index is 2.15. The van der Waals surface area contributed by atoms with E-state index < -0.39 is 0 Å². The molecule has 0 saturated heterocycles. The fourth-order valence-electron chi connectivity index (χ4n) is 2.06. The summed E-state index contributed by atoms with van der Waals surface area (Å²) in [6, 6.07) is 6.72. The number of aromatic nitrogens is 4. The van der Waals surface area contributed by atoms with Crippen molar-refractivity contribution in [2.75, 3.05) is 5.32 Å². The van der Waals surface area contributed by atoms with Gasteiger partial charge >= 0.3 is 0 Å². The highest BCUT2D eigenvalue weighted by Crippen LogP contribution is 2.19. The molecule has 0 aliphatic carbocycles. The van der Waals surface area contributed by atoms with E-state index in [1.807, 2.05) is 6.07 Å². The van der Waals surface area contributed by atoms with Gasteiger partial charge in [0.15, 0.2) is 0 Å². The maximum absolute atomic E-state index is 3.90. The molecule has 5 heteroatoms. The van der Waals surface area contributed by atoms with Crippen molar-refractivity contribution in [3.63, 3.8) is 0 Å². The Kier molecular flexibility index (Phi) is 3.92. The molecule has 0 amide bonds. The largest absolute Gasteiger partial charge is 0.383 e. The number of benzene rings is 1. The highest BCUT2D eigenvalue weighted by atomic mass is 15.5. The van der Waals surface area contributed by atoms with Gasteiger partial charge in [-0.1, -0.05) is 13.3 Å². The zero-order valence-electron chi connectivity index (χ0n) is 11.1. The molecule has 0 aliphatic heterocycles. The summed E-state index contributed by atoms with van der Waals surface area (Å²) in [7, 11) is 0. The molecule has 2 aromatic rings. The smallest absolute Gasteiger partial charge is 0.143 e. The Bertz CT molecular complexity index is 492. The van der Waals surface area contributed by atoms with Gasteiger partial charge in [0.2, 0.25) is 0 Å². The first-order chi connectivity index (χ1) is 8.70. The summed E-state index contributed by atoms with van der Waals surface area (Å²) in [5.41, 5.74) is 3.30. The van der Waals surface area contributed by atoms with Gasteiger partial charge in [-0.15, -0.1) is 5.10 Å². The quantitative estimate of drug-likeness (QED) is 0.879. The number of aryl methyl sites for hydroxylation is 1. The Labute approximate surface area is 107 Å². The second kappa shape index (κ2) is 5.62. The number of hydrogen-bond acceptors (Lipinski definition) is 4. The van der Waals surface area contributed by atoms with Crippen LogP contribution in [0, 0.1) is 6.92 Å². The van der Waals surface area contributed by atoms with Gasteiger partial charge in [0.25, 0.3) is 0 Å². The zero-order chi connectivity index (χ0) is 13.0. The molecule has 96 valence electrons. The topological polar surface area (TPSA) is 55.6 Å². The van der Waals surface area contributed by atoms with Crippen LogP contribution >= 0.6 is 0 Å². The molecule has 0 radical (unpaired) electrons. The van der Waals surface area contributed by atoms with E-state index in [9.17, 15) is 0 Å². The third-order valence-corrected chi connectivity index (χ3v) is 2.93. The fourth-order valence-corrected chi connectivity index (χ4v) is 2.06. The summed E-state index contributed by atoms with van der Waals surface area (Å²) in [5, 5.41) is 14.7. The lowest BCUT2D eigenvalue weighted by atomic mass is 10.1. The van der Waals surface area contributed by atoms with Crippen molar-refractivity contribution < 1.29 is 0 Å². The first-order valence-corrected chi connectivity index (χ1v) is 6.31. The van der Waals surface area contributed by atoms with Crippen LogP contribution < -0.4 is 5.32 Å². The van der Waals surface area contributed by atoms with E-state index in [4.69, 9.17) is 0 Å². The molecule has 18 heavy (non-hydrogen) atoms. The average molecular weight is 245 g/mol. The van der Waals surface area contributed by atoms with E-state index in [0.29, 0.717) is 6.04 Å². The molecule has 5 nitrogen and oxygen atoms in total. The minimum absolute atomic E-state index is 0.494. The second-order valence-corrected chi connectivity index (χ2v) is 4.59. The Morgan fingerprint density at radius 3 is 2.83 bits per heavy atom. The molecule has 1 aromatic heterocycles. The van der Waals surface area contributed by atoms with Crippen molar-refractivity contribution >= 4 is 5.69 Å². The predicted octanol–water partition coefficient (Wildman–Crippen LogP) is 2.57. The molecule has 0 aliphatic rings. The van der Waals surface area contributed by atoms with Gasteiger partial charge in [0.1, 0.15) is 6.33 Å². The Hall–Kier alpha value is -1.91. The SMILES string of the molecule is CCCC(C)Nc1ccc(-n2cnnn2)c(C)c1. The summed E-state index contributed by atoms with van der Waals surface area (Å²) in [6.45, 7) is 6.46. The van der Waals surface area contributed by atoms with E-state index in [2.05, 4.69) is 53.7 Å². The Morgan fingerprint density at radius 2 is 2.22 bits per heavy atom. The molecule has 1 aromatic carbocycles. The zero-order valence-corrected chi connectivity index (χ0v) is 11.1. The monoisotopic (exact) mass is 245 g/mol. The summed E-state index contributed by atoms with van der Waals surface area (Å²) < 4.78 is 1.68. The van der Waals surface area contributed by atoms with E-state index in [1.165, 1.54) is 12.8 Å². The summed E-state index contributed by atoms with van der Waals surface area (Å²) >= 11 is 0. The molecule has 1 heterocycles. The third kappa shape index (κ3) is 2.85. The Morgan fingerprint density at radius 1 is 1.39 bits per heavy atom. The van der Waals surface area contributed by atoms with Gasteiger partial charge in [0, 0.05) is 11.7 Å². The highest BCUT2D eigenvalue weighted by Gasteiger charge is 2.05. The summed E-state index contributed by atoms with van der Waals surface area (Å²) in [5.74, 6) is 0. The van der Waals surface area contributed by atoms with E-state index >= 15 is 0 Å². The number of anilines is 1. The fraction of sp³-hybridized carbons (Fsp3) is 0.462. The first kappa shape index (κ1) is 12.5. The number of tetrazole rings is 1. The van der Waals surface area contributed by atoms with Gasteiger partial charge in [-0.25, -0.2) is 4.68 Å². The molecular formula is C13H19N5. The standard InChI is InChI=1S/C13H19N5/c1-4-5-11(3)15-12-6-7-13(10(2)8-12)18-9-14-16-17-18/h6-9,11,15H,4-5H2,1-3H3. The number of rotatable bonds is 5. The van der Waals surface area contributed by atoms with E-state index in [1.54, 1.807) is 11.0 Å². The number of nitrogens with zero attached hydrogens (tertiary/aromatic N) is 4. The van der Waals surface area contributed by atoms with Crippen LogP contribution in [0.25, 0.3) is 5.69 Å². The van der Waals surface area contributed by atoms with Gasteiger partial charge in [0.05, 0.1) is 5.69 Å². The lowest BCUT2D eigenvalue weighted by molar-refractivity contribution is 0.690. The van der Waals surface area contributed by atoms with E-state index in [0.717, 1.165) is 16.9 Å². The average Bonchev–Trinajstić information content (AvgIpc) is 2.82.